The predicted octanol–water partition coefficient (Wildman–Crippen LogP) is 2.84. The topological polar surface area (TPSA) is 71.1 Å². The van der Waals surface area contributed by atoms with E-state index in [-0.39, 0.29) is 5.56 Å². The fourth-order valence-corrected chi connectivity index (χ4v) is 3.28. The minimum Gasteiger partial charge on any atom is -0.478 e. The van der Waals surface area contributed by atoms with Crippen molar-refractivity contribution in [3.05, 3.63) is 75.5 Å². The Morgan fingerprint density at radius 2 is 2.00 bits per heavy atom. The van der Waals surface area contributed by atoms with Gasteiger partial charge in [0.25, 0.3) is 5.56 Å². The van der Waals surface area contributed by atoms with E-state index < -0.39 is 0 Å². The van der Waals surface area contributed by atoms with E-state index in [1.165, 1.54) is 5.56 Å². The van der Waals surface area contributed by atoms with Crippen molar-refractivity contribution < 1.29 is 4.74 Å². The van der Waals surface area contributed by atoms with E-state index in [2.05, 4.69) is 39.8 Å². The molecule has 1 aliphatic heterocycles. The van der Waals surface area contributed by atoms with Crippen molar-refractivity contribution >= 4 is 0 Å². The van der Waals surface area contributed by atoms with Crippen LogP contribution in [0.2, 0.25) is 0 Å². The van der Waals surface area contributed by atoms with Crippen LogP contribution in [0, 0.1) is 13.8 Å². The molecule has 3 aromatic rings. The molecule has 0 spiro atoms. The fraction of sp³-hybridized carbons (Fsp3) is 0.286. The summed E-state index contributed by atoms with van der Waals surface area (Å²) in [5.41, 5.74) is 4.74. The minimum atomic E-state index is -0.0803. The van der Waals surface area contributed by atoms with Gasteiger partial charge >= 0.3 is 0 Å². The van der Waals surface area contributed by atoms with Crippen molar-refractivity contribution in [2.45, 2.75) is 26.8 Å². The lowest BCUT2D eigenvalue weighted by Gasteiger charge is -2.27. The maximum atomic E-state index is 12.6. The summed E-state index contributed by atoms with van der Waals surface area (Å²) in [5, 5.41) is 0. The van der Waals surface area contributed by atoms with E-state index >= 15 is 0 Å². The second kappa shape index (κ2) is 7.32. The first kappa shape index (κ1) is 17.4. The Hall–Kier alpha value is -2.99. The summed E-state index contributed by atoms with van der Waals surface area (Å²) in [6.07, 6.45) is 4.12. The van der Waals surface area contributed by atoms with Gasteiger partial charge in [-0.05, 0) is 43.2 Å². The number of fused-ring (bicyclic) bond motifs is 1. The maximum absolute atomic E-state index is 12.6. The molecule has 6 heteroatoms. The molecule has 0 saturated carbocycles. The highest BCUT2D eigenvalue weighted by molar-refractivity contribution is 5.54. The molecule has 27 heavy (non-hydrogen) atoms. The third-order valence-corrected chi connectivity index (χ3v) is 5.06. The molecule has 4 rings (SSSR count). The van der Waals surface area contributed by atoms with Crippen LogP contribution in [0.25, 0.3) is 11.4 Å². The quantitative estimate of drug-likeness (QED) is 0.773. The van der Waals surface area contributed by atoms with Gasteiger partial charge in [0, 0.05) is 37.5 Å². The van der Waals surface area contributed by atoms with Gasteiger partial charge in [0.05, 0.1) is 11.3 Å². The monoisotopic (exact) mass is 362 g/mol. The lowest BCUT2D eigenvalue weighted by Crippen LogP contribution is -2.38. The molecule has 2 aromatic heterocycles. The molecular weight excluding hydrogens is 340 g/mol. The van der Waals surface area contributed by atoms with E-state index in [0.29, 0.717) is 19.1 Å². The number of benzene rings is 1. The molecule has 138 valence electrons. The van der Waals surface area contributed by atoms with Crippen LogP contribution in [0.4, 0.5) is 0 Å². The largest absolute Gasteiger partial charge is 0.478 e. The van der Waals surface area contributed by atoms with Gasteiger partial charge in [0.1, 0.15) is 18.3 Å². The van der Waals surface area contributed by atoms with Gasteiger partial charge in [-0.2, -0.15) is 0 Å². The highest BCUT2D eigenvalue weighted by Gasteiger charge is 2.22. The van der Waals surface area contributed by atoms with Crippen molar-refractivity contribution in [1.29, 1.82) is 0 Å². The number of aromatic amines is 1. The number of H-pyrrole nitrogens is 1. The van der Waals surface area contributed by atoms with Crippen molar-refractivity contribution in [3.8, 4) is 17.1 Å². The third-order valence-electron chi connectivity index (χ3n) is 5.06. The van der Waals surface area contributed by atoms with Crippen molar-refractivity contribution in [2.75, 3.05) is 13.3 Å². The van der Waals surface area contributed by atoms with Crippen molar-refractivity contribution in [3.63, 3.8) is 0 Å². The number of hydrogen-bond donors (Lipinski definition) is 1. The number of nitrogens with zero attached hydrogens (tertiary/aromatic N) is 3. The summed E-state index contributed by atoms with van der Waals surface area (Å²) in [5.74, 6) is 1.49. The smallest absolute Gasteiger partial charge is 0.255 e. The number of aromatic nitrogens is 3. The number of nitrogens with one attached hydrogen (secondary N) is 1. The second-order valence-corrected chi connectivity index (χ2v) is 6.85. The van der Waals surface area contributed by atoms with E-state index in [1.54, 1.807) is 12.4 Å². The van der Waals surface area contributed by atoms with Gasteiger partial charge in [-0.1, -0.05) is 12.1 Å². The molecule has 0 aliphatic carbocycles. The normalized spacial score (nSPS) is 14.0. The van der Waals surface area contributed by atoms with E-state index in [4.69, 9.17) is 4.74 Å². The average Bonchev–Trinajstić information content (AvgIpc) is 2.70. The highest BCUT2D eigenvalue weighted by atomic mass is 16.5. The Morgan fingerprint density at radius 3 is 2.81 bits per heavy atom. The molecule has 3 heterocycles. The average molecular weight is 362 g/mol. The molecule has 0 fully saturated rings. The predicted molar refractivity (Wildman–Crippen MR) is 104 cm³/mol. The molecular formula is C21H22N4O2. The zero-order chi connectivity index (χ0) is 18.8. The number of ether oxygens (including phenoxy) is 1. The van der Waals surface area contributed by atoms with E-state index in [0.717, 1.165) is 41.1 Å². The molecule has 0 amide bonds. The third kappa shape index (κ3) is 3.61. The molecule has 1 N–H and O–H groups in total. The Bertz CT molecular complexity index is 1010. The van der Waals surface area contributed by atoms with Gasteiger partial charge < -0.3 is 9.72 Å². The molecule has 0 saturated heterocycles. The summed E-state index contributed by atoms with van der Waals surface area (Å²) in [4.78, 5) is 26.3. The van der Waals surface area contributed by atoms with Crippen LogP contribution in [-0.2, 0) is 13.0 Å². The first-order valence-electron chi connectivity index (χ1n) is 9.05. The summed E-state index contributed by atoms with van der Waals surface area (Å²) < 4.78 is 5.99. The molecule has 1 aliphatic rings. The van der Waals surface area contributed by atoms with Crippen LogP contribution < -0.4 is 10.3 Å². The number of aryl methyl sites for hydroxylation is 1. The molecule has 0 unspecified atom stereocenters. The highest BCUT2D eigenvalue weighted by Crippen LogP contribution is 2.22. The molecule has 6 nitrogen and oxygen atoms in total. The molecule has 0 radical (unpaired) electrons. The van der Waals surface area contributed by atoms with Gasteiger partial charge in [-0.15, -0.1) is 0 Å². The Labute approximate surface area is 157 Å². The lowest BCUT2D eigenvalue weighted by molar-refractivity contribution is 0.112. The van der Waals surface area contributed by atoms with Gasteiger partial charge in [0.2, 0.25) is 0 Å². The van der Waals surface area contributed by atoms with E-state index in [9.17, 15) is 4.79 Å². The van der Waals surface area contributed by atoms with Crippen LogP contribution in [0.3, 0.4) is 0 Å². The first-order chi connectivity index (χ1) is 13.1. The minimum absolute atomic E-state index is 0.0803. The van der Waals surface area contributed by atoms with Crippen LogP contribution in [0.1, 0.15) is 22.4 Å². The van der Waals surface area contributed by atoms with Crippen LogP contribution >= 0.6 is 0 Å². The Morgan fingerprint density at radius 1 is 1.19 bits per heavy atom. The number of hydrogen-bond acceptors (Lipinski definition) is 5. The summed E-state index contributed by atoms with van der Waals surface area (Å²) in [6, 6.07) is 9.74. The summed E-state index contributed by atoms with van der Waals surface area (Å²) >= 11 is 0. The second-order valence-electron chi connectivity index (χ2n) is 6.85. The molecule has 1 aromatic carbocycles. The lowest BCUT2D eigenvalue weighted by atomic mass is 10.1. The van der Waals surface area contributed by atoms with E-state index in [1.807, 2.05) is 24.3 Å². The Balaban J connectivity index is 1.50. The van der Waals surface area contributed by atoms with Gasteiger partial charge in [-0.3, -0.25) is 14.7 Å². The zero-order valence-corrected chi connectivity index (χ0v) is 15.5. The zero-order valence-electron chi connectivity index (χ0n) is 15.5. The van der Waals surface area contributed by atoms with Crippen molar-refractivity contribution in [1.82, 2.24) is 19.9 Å². The summed E-state index contributed by atoms with van der Waals surface area (Å²) in [7, 11) is 0. The van der Waals surface area contributed by atoms with Crippen LogP contribution in [0.5, 0.6) is 5.75 Å². The van der Waals surface area contributed by atoms with Crippen LogP contribution in [-0.4, -0.2) is 33.1 Å². The molecule has 0 bridgehead atoms. The first-order valence-corrected chi connectivity index (χ1v) is 9.05. The number of rotatable bonds is 4. The SMILES string of the molecule is Cc1cccc(OCN2CCc3nc(-c4ccncc4)[nH]c(=O)c3C2)c1C. The van der Waals surface area contributed by atoms with Gasteiger partial charge in [0.15, 0.2) is 0 Å². The summed E-state index contributed by atoms with van der Waals surface area (Å²) in [6.45, 7) is 5.94. The van der Waals surface area contributed by atoms with Gasteiger partial charge in [-0.25, -0.2) is 4.98 Å². The molecule has 0 atom stereocenters. The number of pyridine rings is 1. The van der Waals surface area contributed by atoms with Crippen molar-refractivity contribution in [2.24, 2.45) is 0 Å². The standard InChI is InChI=1S/C21H22N4O2/c1-14-4-3-5-19(15(14)2)27-13-25-11-8-18-17(12-25)21(26)24-20(23-18)16-6-9-22-10-7-16/h3-7,9-10H,8,11-13H2,1-2H3,(H,23,24,26). The maximum Gasteiger partial charge on any atom is 0.255 e. The Kier molecular flexibility index (Phi) is 4.73. The fourth-order valence-electron chi connectivity index (χ4n) is 3.28. The van der Waals surface area contributed by atoms with Crippen LogP contribution in [0.15, 0.2) is 47.5 Å².